The zero-order valence-electron chi connectivity index (χ0n) is 18.4. The smallest absolute Gasteiger partial charge is 0.350 e. The van der Waals surface area contributed by atoms with Gasteiger partial charge in [-0.25, -0.2) is 9.59 Å². The van der Waals surface area contributed by atoms with Crippen molar-refractivity contribution in [2.45, 2.75) is 6.92 Å². The van der Waals surface area contributed by atoms with Crippen molar-refractivity contribution >= 4 is 80.4 Å². The van der Waals surface area contributed by atoms with Gasteiger partial charge in [0, 0.05) is 11.6 Å². The van der Waals surface area contributed by atoms with E-state index < -0.39 is 17.9 Å². The van der Waals surface area contributed by atoms with Crippen LogP contribution in [0.1, 0.15) is 25.6 Å². The maximum atomic E-state index is 12.9. The summed E-state index contributed by atoms with van der Waals surface area (Å²) in [5.41, 5.74) is 2.54. The van der Waals surface area contributed by atoms with Gasteiger partial charge in [-0.3, -0.25) is 9.78 Å². The summed E-state index contributed by atoms with van der Waals surface area (Å²) in [6, 6.07) is 11.0. The highest BCUT2D eigenvalue weighted by Gasteiger charge is 2.19. The maximum Gasteiger partial charge on any atom is 0.350 e. The largest absolute Gasteiger partial charge is 0.465 e. The molecule has 0 aliphatic heterocycles. The molecule has 11 heteroatoms. The third-order valence-corrected chi connectivity index (χ3v) is 6.57. The number of rotatable bonds is 5. The van der Waals surface area contributed by atoms with E-state index in [2.05, 4.69) is 20.9 Å². The molecule has 8 nitrogen and oxygen atoms in total. The van der Waals surface area contributed by atoms with Crippen molar-refractivity contribution in [2.75, 3.05) is 23.1 Å². The van der Waals surface area contributed by atoms with E-state index in [4.69, 9.17) is 27.9 Å². The molecule has 0 bridgehead atoms. The van der Waals surface area contributed by atoms with Crippen molar-refractivity contribution in [1.82, 2.24) is 4.98 Å². The Balaban J connectivity index is 1.63. The minimum atomic E-state index is -0.554. The second-order valence-corrected chi connectivity index (χ2v) is 9.03. The first kappa shape index (κ1) is 24.5. The van der Waals surface area contributed by atoms with Gasteiger partial charge in [-0.1, -0.05) is 41.4 Å². The average Bonchev–Trinajstić information content (AvgIpc) is 3.28. The van der Waals surface area contributed by atoms with Crippen LogP contribution in [0.3, 0.4) is 0 Å². The molecule has 3 amide bonds. The summed E-state index contributed by atoms with van der Waals surface area (Å²) in [7, 11) is 1.27. The van der Waals surface area contributed by atoms with E-state index in [1.165, 1.54) is 7.11 Å². The van der Waals surface area contributed by atoms with Gasteiger partial charge in [-0.2, -0.15) is 0 Å². The third-order valence-electron chi connectivity index (χ3n) is 5.05. The number of esters is 1. The molecule has 0 aliphatic rings. The molecule has 178 valence electrons. The normalized spacial score (nSPS) is 10.6. The highest BCUT2D eigenvalue weighted by molar-refractivity contribution is 7.12. The minimum absolute atomic E-state index is 0.148. The fourth-order valence-electron chi connectivity index (χ4n) is 3.41. The molecule has 4 aromatic rings. The first-order chi connectivity index (χ1) is 16.8. The molecule has 2 aromatic heterocycles. The van der Waals surface area contributed by atoms with Crippen LogP contribution in [0.25, 0.3) is 10.9 Å². The molecular weight excluding hydrogens is 511 g/mol. The Morgan fingerprint density at radius 3 is 2.37 bits per heavy atom. The quantitative estimate of drug-likeness (QED) is 0.253. The van der Waals surface area contributed by atoms with E-state index >= 15 is 0 Å². The van der Waals surface area contributed by atoms with Crippen molar-refractivity contribution < 1.29 is 19.1 Å². The van der Waals surface area contributed by atoms with Crippen LogP contribution in [-0.4, -0.2) is 30.0 Å². The van der Waals surface area contributed by atoms with E-state index in [9.17, 15) is 14.4 Å². The molecule has 2 aromatic carbocycles. The van der Waals surface area contributed by atoms with E-state index in [1.807, 2.05) is 0 Å². The number of aromatic nitrogens is 1. The Morgan fingerprint density at radius 1 is 0.943 bits per heavy atom. The van der Waals surface area contributed by atoms with Crippen molar-refractivity contribution in [3.05, 3.63) is 80.1 Å². The van der Waals surface area contributed by atoms with Gasteiger partial charge in [-0.15, -0.1) is 11.3 Å². The number of pyridine rings is 1. The van der Waals surface area contributed by atoms with Gasteiger partial charge in [0.2, 0.25) is 0 Å². The zero-order valence-corrected chi connectivity index (χ0v) is 20.8. The number of nitrogens with zero attached hydrogens (tertiary/aromatic N) is 1. The van der Waals surface area contributed by atoms with Crippen LogP contribution in [0.2, 0.25) is 10.0 Å². The van der Waals surface area contributed by atoms with Gasteiger partial charge in [-0.05, 0) is 42.1 Å². The van der Waals surface area contributed by atoms with Gasteiger partial charge < -0.3 is 20.7 Å². The summed E-state index contributed by atoms with van der Waals surface area (Å²) in [5.74, 6) is -1.03. The Morgan fingerprint density at radius 2 is 1.66 bits per heavy atom. The number of anilines is 3. The number of ether oxygens (including phenoxy) is 1. The first-order valence-corrected chi connectivity index (χ1v) is 11.8. The minimum Gasteiger partial charge on any atom is -0.465 e. The number of aryl methyl sites for hydroxylation is 1. The highest BCUT2D eigenvalue weighted by Crippen LogP contribution is 2.32. The molecule has 3 N–H and O–H groups in total. The standard InChI is InChI=1S/C24H18Cl2N4O4S/c1-12-11-27-20-13(19(12)30-24(33)29-17-9-10-35-21(17)23(32)34-2)5-3-8-16(20)28-22(31)18-14(25)6-4-7-15(18)26/h3-11H,1-2H3,(H,28,31)(H2,27,29,30,33). The lowest BCUT2D eigenvalue weighted by Gasteiger charge is -2.15. The first-order valence-electron chi connectivity index (χ1n) is 10.2. The topological polar surface area (TPSA) is 109 Å². The molecular formula is C24H18Cl2N4O4S. The summed E-state index contributed by atoms with van der Waals surface area (Å²) in [6.45, 7) is 1.79. The number of para-hydroxylation sites is 1. The lowest BCUT2D eigenvalue weighted by atomic mass is 10.1. The molecule has 0 fully saturated rings. The third kappa shape index (κ3) is 5.07. The number of halogens is 2. The second-order valence-electron chi connectivity index (χ2n) is 7.30. The number of hydrogen-bond acceptors (Lipinski definition) is 6. The molecule has 0 saturated carbocycles. The Kier molecular flexibility index (Phi) is 7.20. The van der Waals surface area contributed by atoms with Crippen LogP contribution in [0.5, 0.6) is 0 Å². The summed E-state index contributed by atoms with van der Waals surface area (Å²) in [5, 5.41) is 11.0. The highest BCUT2D eigenvalue weighted by atomic mass is 35.5. The van der Waals surface area contributed by atoms with Gasteiger partial charge in [0.15, 0.2) is 0 Å². The lowest BCUT2D eigenvalue weighted by Crippen LogP contribution is -2.21. The molecule has 0 radical (unpaired) electrons. The summed E-state index contributed by atoms with van der Waals surface area (Å²) in [4.78, 5) is 42.3. The molecule has 0 aliphatic carbocycles. The number of fused-ring (bicyclic) bond motifs is 1. The van der Waals surface area contributed by atoms with Gasteiger partial charge in [0.05, 0.1) is 45.3 Å². The van der Waals surface area contributed by atoms with Crippen molar-refractivity contribution in [1.29, 1.82) is 0 Å². The van der Waals surface area contributed by atoms with Crippen molar-refractivity contribution in [3.8, 4) is 0 Å². The van der Waals surface area contributed by atoms with Gasteiger partial charge >= 0.3 is 12.0 Å². The number of methoxy groups -OCH3 is 1. The lowest BCUT2D eigenvalue weighted by molar-refractivity contribution is 0.0607. The van der Waals surface area contributed by atoms with Crippen LogP contribution >= 0.6 is 34.5 Å². The number of urea groups is 1. The monoisotopic (exact) mass is 528 g/mol. The SMILES string of the molecule is COC(=O)c1sccc1NC(=O)Nc1c(C)cnc2c(NC(=O)c3c(Cl)cccc3Cl)cccc12. The number of carbonyl (C=O) groups is 3. The summed E-state index contributed by atoms with van der Waals surface area (Å²) >= 11 is 13.5. The van der Waals surface area contributed by atoms with E-state index in [1.54, 1.807) is 61.0 Å². The Hall–Kier alpha value is -3.66. The fraction of sp³-hybridized carbons (Fsp3) is 0.0833. The van der Waals surface area contributed by atoms with E-state index in [0.29, 0.717) is 33.5 Å². The Bertz CT molecular complexity index is 1450. The number of carbonyl (C=O) groups excluding carboxylic acids is 3. The van der Waals surface area contributed by atoms with Crippen LogP contribution in [0.4, 0.5) is 21.9 Å². The van der Waals surface area contributed by atoms with Crippen LogP contribution in [-0.2, 0) is 4.74 Å². The molecule has 0 atom stereocenters. The van der Waals surface area contributed by atoms with Gasteiger partial charge in [0.1, 0.15) is 4.88 Å². The van der Waals surface area contributed by atoms with E-state index in [0.717, 1.165) is 11.3 Å². The number of thiophene rings is 1. The maximum absolute atomic E-state index is 12.9. The predicted octanol–water partition coefficient (Wildman–Crippen LogP) is 6.59. The van der Waals surface area contributed by atoms with Crippen LogP contribution in [0, 0.1) is 6.92 Å². The summed E-state index contributed by atoms with van der Waals surface area (Å²) < 4.78 is 4.74. The number of nitrogens with one attached hydrogen (secondary N) is 3. The molecule has 4 rings (SSSR count). The van der Waals surface area contributed by atoms with Gasteiger partial charge in [0.25, 0.3) is 5.91 Å². The molecule has 0 saturated heterocycles. The number of amides is 3. The summed E-state index contributed by atoms with van der Waals surface area (Å²) in [6.07, 6.45) is 1.58. The number of hydrogen-bond donors (Lipinski definition) is 3. The molecule has 0 spiro atoms. The molecule has 2 heterocycles. The molecule has 35 heavy (non-hydrogen) atoms. The van der Waals surface area contributed by atoms with Crippen molar-refractivity contribution in [2.24, 2.45) is 0 Å². The van der Waals surface area contributed by atoms with Crippen LogP contribution in [0.15, 0.2) is 54.0 Å². The van der Waals surface area contributed by atoms with Crippen molar-refractivity contribution in [3.63, 3.8) is 0 Å². The number of benzene rings is 2. The van der Waals surface area contributed by atoms with Crippen LogP contribution < -0.4 is 16.0 Å². The molecule has 0 unspecified atom stereocenters. The van der Waals surface area contributed by atoms with E-state index in [-0.39, 0.29) is 20.5 Å². The second kappa shape index (κ2) is 10.3. The zero-order chi connectivity index (χ0) is 25.1. The Labute approximate surface area is 214 Å². The average molecular weight is 529 g/mol. The fourth-order valence-corrected chi connectivity index (χ4v) is 4.75. The predicted molar refractivity (Wildman–Crippen MR) is 139 cm³/mol.